The fourth-order valence-electron chi connectivity index (χ4n) is 3.86. The van der Waals surface area contributed by atoms with Crippen LogP contribution >= 0.6 is 12.2 Å². The molecule has 0 saturated carbocycles. The van der Waals surface area contributed by atoms with Crippen LogP contribution in [0.1, 0.15) is 41.3 Å². The Labute approximate surface area is 208 Å². The van der Waals surface area contributed by atoms with Crippen LogP contribution in [0.3, 0.4) is 0 Å². The number of rotatable bonds is 6. The molecule has 3 aromatic carbocycles. The molecule has 0 radical (unpaired) electrons. The van der Waals surface area contributed by atoms with Gasteiger partial charge in [-0.1, -0.05) is 25.5 Å². The molecule has 0 saturated heterocycles. The number of aromatic nitrogens is 3. The van der Waals surface area contributed by atoms with Gasteiger partial charge < -0.3 is 14.8 Å². The van der Waals surface area contributed by atoms with Gasteiger partial charge in [0, 0.05) is 11.3 Å². The van der Waals surface area contributed by atoms with Crippen molar-refractivity contribution in [3.05, 3.63) is 71.3 Å². The Bertz CT molecular complexity index is 1410. The quantitative estimate of drug-likeness (QED) is 0.373. The van der Waals surface area contributed by atoms with Crippen molar-refractivity contribution < 1.29 is 14.3 Å². The summed E-state index contributed by atoms with van der Waals surface area (Å²) in [6, 6.07) is 17.1. The SMILES string of the molecule is CCCCc1ccc(-n2nc3cc(C)c(NC(=S)NC(=O)c4ccc5c(c4)OCO5)cc3n2)cc1. The molecule has 5 rings (SSSR count). The molecule has 1 amide bonds. The Morgan fingerprint density at radius 3 is 2.54 bits per heavy atom. The Hall–Kier alpha value is -3.98. The third-order valence-corrected chi connectivity index (χ3v) is 6.03. The van der Waals surface area contributed by atoms with Crippen molar-refractivity contribution in [2.75, 3.05) is 12.1 Å². The van der Waals surface area contributed by atoms with Crippen molar-refractivity contribution in [3.8, 4) is 17.2 Å². The molecule has 35 heavy (non-hydrogen) atoms. The molecule has 9 heteroatoms. The zero-order valence-corrected chi connectivity index (χ0v) is 20.3. The van der Waals surface area contributed by atoms with Crippen molar-refractivity contribution >= 4 is 40.0 Å². The topological polar surface area (TPSA) is 90.3 Å². The number of ether oxygens (including phenoxy) is 2. The first-order valence-electron chi connectivity index (χ1n) is 11.5. The molecule has 1 aliphatic rings. The van der Waals surface area contributed by atoms with Gasteiger partial charge in [-0.3, -0.25) is 10.1 Å². The van der Waals surface area contributed by atoms with E-state index in [4.69, 9.17) is 21.7 Å². The van der Waals surface area contributed by atoms with E-state index in [0.717, 1.165) is 34.4 Å². The van der Waals surface area contributed by atoms with Gasteiger partial charge in [-0.25, -0.2) is 0 Å². The third-order valence-electron chi connectivity index (χ3n) is 5.82. The highest BCUT2D eigenvalue weighted by molar-refractivity contribution is 7.80. The number of unbranched alkanes of at least 4 members (excludes halogenated alkanes) is 1. The lowest BCUT2D eigenvalue weighted by atomic mass is 10.1. The van der Waals surface area contributed by atoms with Gasteiger partial charge in [0.2, 0.25) is 6.79 Å². The molecule has 2 heterocycles. The maximum atomic E-state index is 12.6. The summed E-state index contributed by atoms with van der Waals surface area (Å²) in [6.45, 7) is 4.29. The first kappa shape index (κ1) is 22.8. The normalized spacial score (nSPS) is 12.1. The van der Waals surface area contributed by atoms with Gasteiger partial charge in [0.1, 0.15) is 11.0 Å². The number of anilines is 1. The highest BCUT2D eigenvalue weighted by Crippen LogP contribution is 2.32. The van der Waals surface area contributed by atoms with Crippen LogP contribution in [0, 0.1) is 6.92 Å². The highest BCUT2D eigenvalue weighted by atomic mass is 32.1. The predicted octanol–water partition coefficient (Wildman–Crippen LogP) is 4.93. The maximum absolute atomic E-state index is 12.6. The first-order chi connectivity index (χ1) is 17.0. The van der Waals surface area contributed by atoms with E-state index in [9.17, 15) is 4.79 Å². The molecule has 1 aromatic heterocycles. The molecule has 0 atom stereocenters. The van der Waals surface area contributed by atoms with Crippen molar-refractivity contribution in [2.45, 2.75) is 33.1 Å². The van der Waals surface area contributed by atoms with E-state index in [1.54, 1.807) is 23.0 Å². The zero-order chi connectivity index (χ0) is 24.4. The summed E-state index contributed by atoms with van der Waals surface area (Å²) < 4.78 is 10.6. The molecular formula is C26H25N5O3S. The minimum Gasteiger partial charge on any atom is -0.454 e. The summed E-state index contributed by atoms with van der Waals surface area (Å²) in [4.78, 5) is 14.3. The monoisotopic (exact) mass is 487 g/mol. The number of benzene rings is 3. The van der Waals surface area contributed by atoms with Crippen LogP contribution in [0.25, 0.3) is 16.7 Å². The molecule has 0 bridgehead atoms. The summed E-state index contributed by atoms with van der Waals surface area (Å²) in [5.74, 6) is 0.816. The number of carbonyl (C=O) groups is 1. The molecule has 4 aromatic rings. The number of nitrogens with one attached hydrogen (secondary N) is 2. The van der Waals surface area contributed by atoms with E-state index in [2.05, 4.69) is 39.9 Å². The number of fused-ring (bicyclic) bond motifs is 2. The van der Waals surface area contributed by atoms with E-state index in [0.29, 0.717) is 17.1 Å². The number of nitrogens with zero attached hydrogens (tertiary/aromatic N) is 3. The Balaban J connectivity index is 1.29. The fourth-order valence-corrected chi connectivity index (χ4v) is 4.06. The standard InChI is InChI=1S/C26H25N5O3S/c1-3-4-5-17-6-9-19(10-7-17)31-29-21-12-16(2)20(14-22(21)30-31)27-26(35)28-25(32)18-8-11-23-24(13-18)34-15-33-23/h6-14H,3-5,15H2,1-2H3,(H2,27,28,32,35). The molecule has 2 N–H and O–H groups in total. The van der Waals surface area contributed by atoms with E-state index < -0.39 is 0 Å². The number of carbonyl (C=O) groups excluding carboxylic acids is 1. The second kappa shape index (κ2) is 9.71. The Kier molecular flexibility index (Phi) is 6.33. The largest absolute Gasteiger partial charge is 0.454 e. The van der Waals surface area contributed by atoms with Gasteiger partial charge in [-0.05, 0) is 85.6 Å². The van der Waals surface area contributed by atoms with Crippen LogP contribution in [0.15, 0.2) is 54.6 Å². The lowest BCUT2D eigenvalue weighted by Crippen LogP contribution is -2.34. The van der Waals surface area contributed by atoms with Crippen LogP contribution in [-0.2, 0) is 6.42 Å². The average Bonchev–Trinajstić information content (AvgIpc) is 3.49. The van der Waals surface area contributed by atoms with E-state index in [1.807, 2.05) is 31.2 Å². The first-order valence-corrected chi connectivity index (χ1v) is 11.9. The Morgan fingerprint density at radius 1 is 1.03 bits per heavy atom. The van der Waals surface area contributed by atoms with Gasteiger partial charge in [0.15, 0.2) is 16.6 Å². The maximum Gasteiger partial charge on any atom is 0.257 e. The number of hydrogen-bond donors (Lipinski definition) is 2. The van der Waals surface area contributed by atoms with Gasteiger partial charge in [-0.2, -0.15) is 4.80 Å². The minimum atomic E-state index is -0.340. The van der Waals surface area contributed by atoms with Gasteiger partial charge >= 0.3 is 0 Å². The zero-order valence-electron chi connectivity index (χ0n) is 19.5. The molecule has 8 nitrogen and oxygen atoms in total. The smallest absolute Gasteiger partial charge is 0.257 e. The molecule has 0 spiro atoms. The van der Waals surface area contributed by atoms with Gasteiger partial charge in [-0.15, -0.1) is 10.2 Å². The second-order valence-corrected chi connectivity index (χ2v) is 8.80. The van der Waals surface area contributed by atoms with Crippen LogP contribution < -0.4 is 20.1 Å². The molecule has 178 valence electrons. The average molecular weight is 488 g/mol. The Morgan fingerprint density at radius 2 is 1.77 bits per heavy atom. The predicted molar refractivity (Wildman–Crippen MR) is 138 cm³/mol. The number of amides is 1. The minimum absolute atomic E-state index is 0.150. The van der Waals surface area contributed by atoms with E-state index in [1.165, 1.54) is 18.4 Å². The number of aryl methyl sites for hydroxylation is 2. The van der Waals surface area contributed by atoms with Crippen molar-refractivity contribution in [1.82, 2.24) is 20.3 Å². The lowest BCUT2D eigenvalue weighted by Gasteiger charge is -2.12. The molecule has 1 aliphatic heterocycles. The van der Waals surface area contributed by atoms with Crippen LogP contribution in [-0.4, -0.2) is 32.8 Å². The van der Waals surface area contributed by atoms with Crippen molar-refractivity contribution in [2.24, 2.45) is 0 Å². The molecule has 0 unspecified atom stereocenters. The lowest BCUT2D eigenvalue weighted by molar-refractivity contribution is 0.0977. The van der Waals surface area contributed by atoms with Crippen molar-refractivity contribution in [3.63, 3.8) is 0 Å². The summed E-state index contributed by atoms with van der Waals surface area (Å²) in [7, 11) is 0. The van der Waals surface area contributed by atoms with E-state index in [-0.39, 0.29) is 17.8 Å². The molecule has 0 fully saturated rings. The van der Waals surface area contributed by atoms with E-state index >= 15 is 0 Å². The van der Waals surface area contributed by atoms with Gasteiger partial charge in [0.25, 0.3) is 5.91 Å². The van der Waals surface area contributed by atoms with Crippen LogP contribution in [0.4, 0.5) is 5.69 Å². The molecular weight excluding hydrogens is 462 g/mol. The summed E-state index contributed by atoms with van der Waals surface area (Å²) in [5, 5.41) is 15.2. The number of thiocarbonyl (C=S) groups is 1. The summed E-state index contributed by atoms with van der Waals surface area (Å²) >= 11 is 5.38. The second-order valence-electron chi connectivity index (χ2n) is 8.39. The van der Waals surface area contributed by atoms with Crippen molar-refractivity contribution in [1.29, 1.82) is 0 Å². The van der Waals surface area contributed by atoms with Crippen LogP contribution in [0.5, 0.6) is 11.5 Å². The fraction of sp³-hybridized carbons (Fsp3) is 0.231. The highest BCUT2D eigenvalue weighted by Gasteiger charge is 2.17. The van der Waals surface area contributed by atoms with Crippen LogP contribution in [0.2, 0.25) is 0 Å². The molecule has 0 aliphatic carbocycles. The number of hydrogen-bond acceptors (Lipinski definition) is 6. The summed E-state index contributed by atoms with van der Waals surface area (Å²) in [5.41, 5.74) is 5.81. The third kappa shape index (κ3) is 4.95. The summed E-state index contributed by atoms with van der Waals surface area (Å²) in [6.07, 6.45) is 3.43. The van der Waals surface area contributed by atoms with Gasteiger partial charge in [0.05, 0.1) is 5.69 Å².